The summed E-state index contributed by atoms with van der Waals surface area (Å²) in [6, 6.07) is 0. The maximum atomic E-state index is 10.9. The van der Waals surface area contributed by atoms with E-state index < -0.39 is 5.97 Å². The number of aliphatic carboxylic acids is 1. The first-order valence-electron chi connectivity index (χ1n) is 4.89. The third-order valence-corrected chi connectivity index (χ3v) is 1.56. The Morgan fingerprint density at radius 3 is 1.93 bits per heavy atom. The first kappa shape index (κ1) is 12.8. The Bertz CT molecular complexity index is 200. The highest BCUT2D eigenvalue weighted by atomic mass is 16.7. The first-order chi connectivity index (χ1) is 6.67. The van der Waals surface area contributed by atoms with Crippen LogP contribution in [0.15, 0.2) is 11.5 Å². The lowest BCUT2D eigenvalue weighted by molar-refractivity contribution is -0.133. The number of hydrogen-bond donors (Lipinski definition) is 1. The van der Waals surface area contributed by atoms with Crippen molar-refractivity contribution in [2.75, 3.05) is 13.2 Å². The number of rotatable bonds is 7. The van der Waals surface area contributed by atoms with E-state index in [1.54, 1.807) is 13.8 Å². The van der Waals surface area contributed by atoms with Gasteiger partial charge < -0.3 is 14.6 Å². The van der Waals surface area contributed by atoms with Gasteiger partial charge in [-0.2, -0.15) is 0 Å². The average Bonchev–Trinajstić information content (AvgIpc) is 2.13. The third kappa shape index (κ3) is 4.16. The lowest BCUT2D eigenvalue weighted by Gasteiger charge is -2.12. The van der Waals surface area contributed by atoms with Gasteiger partial charge in [-0.1, -0.05) is 13.3 Å². The van der Waals surface area contributed by atoms with Crippen molar-refractivity contribution in [1.29, 1.82) is 0 Å². The molecule has 14 heavy (non-hydrogen) atoms. The van der Waals surface area contributed by atoms with E-state index in [0.29, 0.717) is 19.6 Å². The molecule has 0 spiro atoms. The molecule has 0 aromatic heterocycles. The number of ether oxygens (including phenoxy) is 2. The zero-order valence-electron chi connectivity index (χ0n) is 9.00. The van der Waals surface area contributed by atoms with Crippen LogP contribution in [0.4, 0.5) is 0 Å². The molecule has 0 aliphatic heterocycles. The summed E-state index contributed by atoms with van der Waals surface area (Å²) in [5.41, 5.74) is 0.219. The molecule has 0 unspecified atom stereocenters. The Balaban J connectivity index is 4.72. The van der Waals surface area contributed by atoms with Crippen LogP contribution in [0.5, 0.6) is 0 Å². The minimum absolute atomic E-state index is 0.157. The van der Waals surface area contributed by atoms with E-state index in [-0.39, 0.29) is 11.5 Å². The van der Waals surface area contributed by atoms with Crippen LogP contribution in [0.1, 0.15) is 33.6 Å². The predicted octanol–water partition coefficient (Wildman–Crippen LogP) is 2.16. The molecular weight excluding hydrogens is 184 g/mol. The van der Waals surface area contributed by atoms with Gasteiger partial charge in [-0.3, -0.25) is 0 Å². The molecule has 4 heteroatoms. The predicted molar refractivity (Wildman–Crippen MR) is 52.8 cm³/mol. The third-order valence-electron chi connectivity index (χ3n) is 1.56. The Labute approximate surface area is 84.5 Å². The smallest absolute Gasteiger partial charge is 0.338 e. The minimum atomic E-state index is -0.969. The molecular formula is C10H18O4. The molecule has 0 rings (SSSR count). The number of carboxylic acids is 1. The van der Waals surface area contributed by atoms with E-state index in [9.17, 15) is 4.79 Å². The lowest BCUT2D eigenvalue weighted by Crippen LogP contribution is -2.09. The van der Waals surface area contributed by atoms with Crippen molar-refractivity contribution < 1.29 is 19.4 Å². The summed E-state index contributed by atoms with van der Waals surface area (Å²) in [6.45, 7) is 6.33. The Morgan fingerprint density at radius 2 is 1.64 bits per heavy atom. The SMILES string of the molecule is CCCC(C(=O)O)=C(OCC)OCC. The van der Waals surface area contributed by atoms with E-state index >= 15 is 0 Å². The second-order valence-electron chi connectivity index (χ2n) is 2.69. The van der Waals surface area contributed by atoms with Gasteiger partial charge in [-0.05, 0) is 20.3 Å². The van der Waals surface area contributed by atoms with Crippen molar-refractivity contribution in [1.82, 2.24) is 0 Å². The number of hydrogen-bond acceptors (Lipinski definition) is 3. The fourth-order valence-electron chi connectivity index (χ4n) is 1.02. The van der Waals surface area contributed by atoms with Crippen LogP contribution in [0.25, 0.3) is 0 Å². The first-order valence-corrected chi connectivity index (χ1v) is 4.89. The quantitative estimate of drug-likeness (QED) is 0.507. The summed E-state index contributed by atoms with van der Waals surface area (Å²) in [7, 11) is 0. The van der Waals surface area contributed by atoms with Crippen molar-refractivity contribution in [2.24, 2.45) is 0 Å². The van der Waals surface area contributed by atoms with Gasteiger partial charge in [0.2, 0.25) is 0 Å². The highest BCUT2D eigenvalue weighted by Gasteiger charge is 2.16. The molecule has 0 saturated heterocycles. The van der Waals surface area contributed by atoms with E-state index in [2.05, 4.69) is 0 Å². The minimum Gasteiger partial charge on any atom is -0.478 e. The molecule has 0 radical (unpaired) electrons. The van der Waals surface area contributed by atoms with Crippen molar-refractivity contribution >= 4 is 5.97 Å². The lowest BCUT2D eigenvalue weighted by atomic mass is 10.1. The Hall–Kier alpha value is -1.19. The summed E-state index contributed by atoms with van der Waals surface area (Å²) in [6.07, 6.45) is 1.22. The van der Waals surface area contributed by atoms with Crippen molar-refractivity contribution in [2.45, 2.75) is 33.6 Å². The fraction of sp³-hybridized carbons (Fsp3) is 0.700. The number of carboxylic acid groups (broad SMARTS) is 1. The monoisotopic (exact) mass is 202 g/mol. The van der Waals surface area contributed by atoms with E-state index in [1.807, 2.05) is 6.92 Å². The summed E-state index contributed by atoms with van der Waals surface area (Å²) >= 11 is 0. The number of carbonyl (C=O) groups is 1. The highest BCUT2D eigenvalue weighted by molar-refractivity contribution is 5.86. The standard InChI is InChI=1S/C10H18O4/c1-4-7-8(9(11)12)10(13-5-2)14-6-3/h4-7H2,1-3H3,(H,11,12). The molecule has 1 N–H and O–H groups in total. The summed E-state index contributed by atoms with van der Waals surface area (Å²) in [5, 5.41) is 8.91. The van der Waals surface area contributed by atoms with Gasteiger partial charge in [0.1, 0.15) is 5.57 Å². The van der Waals surface area contributed by atoms with E-state index in [4.69, 9.17) is 14.6 Å². The van der Waals surface area contributed by atoms with Crippen LogP contribution in [-0.4, -0.2) is 24.3 Å². The van der Waals surface area contributed by atoms with Crippen LogP contribution < -0.4 is 0 Å². The molecule has 0 aliphatic carbocycles. The zero-order valence-corrected chi connectivity index (χ0v) is 9.00. The van der Waals surface area contributed by atoms with Gasteiger partial charge in [-0.15, -0.1) is 0 Å². The second-order valence-corrected chi connectivity index (χ2v) is 2.69. The Kier molecular flexibility index (Phi) is 6.62. The Morgan fingerprint density at radius 1 is 1.14 bits per heavy atom. The molecule has 0 bridgehead atoms. The molecule has 0 aromatic carbocycles. The van der Waals surface area contributed by atoms with E-state index in [0.717, 1.165) is 6.42 Å². The highest BCUT2D eigenvalue weighted by Crippen LogP contribution is 2.14. The van der Waals surface area contributed by atoms with Gasteiger partial charge in [0, 0.05) is 0 Å². The van der Waals surface area contributed by atoms with Gasteiger partial charge >= 0.3 is 5.97 Å². The molecule has 0 aromatic rings. The van der Waals surface area contributed by atoms with Crippen molar-refractivity contribution in [3.63, 3.8) is 0 Å². The summed E-state index contributed by atoms with van der Waals surface area (Å²) in [4.78, 5) is 10.9. The normalized spacial score (nSPS) is 9.36. The molecule has 0 heterocycles. The largest absolute Gasteiger partial charge is 0.478 e. The van der Waals surface area contributed by atoms with Crippen LogP contribution in [0, 0.1) is 0 Å². The van der Waals surface area contributed by atoms with Crippen LogP contribution in [0.3, 0.4) is 0 Å². The maximum Gasteiger partial charge on any atom is 0.338 e. The van der Waals surface area contributed by atoms with Gasteiger partial charge in [0.05, 0.1) is 13.2 Å². The van der Waals surface area contributed by atoms with Crippen molar-refractivity contribution in [3.05, 3.63) is 11.5 Å². The van der Waals surface area contributed by atoms with Crippen LogP contribution in [-0.2, 0) is 14.3 Å². The molecule has 0 atom stereocenters. The molecule has 0 fully saturated rings. The zero-order chi connectivity index (χ0) is 11.0. The van der Waals surface area contributed by atoms with Crippen LogP contribution in [0.2, 0.25) is 0 Å². The molecule has 0 aliphatic rings. The van der Waals surface area contributed by atoms with Gasteiger partial charge in [-0.25, -0.2) is 4.79 Å². The van der Waals surface area contributed by atoms with Gasteiger partial charge in [0.25, 0.3) is 5.95 Å². The second kappa shape index (κ2) is 7.24. The molecule has 4 nitrogen and oxygen atoms in total. The summed E-state index contributed by atoms with van der Waals surface area (Å²) < 4.78 is 10.3. The van der Waals surface area contributed by atoms with Crippen molar-refractivity contribution in [3.8, 4) is 0 Å². The molecule has 82 valence electrons. The average molecular weight is 202 g/mol. The maximum absolute atomic E-state index is 10.9. The molecule has 0 saturated carbocycles. The van der Waals surface area contributed by atoms with Crippen LogP contribution >= 0.6 is 0 Å². The topological polar surface area (TPSA) is 55.8 Å². The van der Waals surface area contributed by atoms with E-state index in [1.165, 1.54) is 0 Å². The summed E-state index contributed by atoms with van der Waals surface area (Å²) in [5.74, 6) is -0.812. The fourth-order valence-corrected chi connectivity index (χ4v) is 1.02. The molecule has 0 amide bonds. The van der Waals surface area contributed by atoms with Gasteiger partial charge in [0.15, 0.2) is 0 Å².